The molecule has 0 saturated carbocycles. The highest BCUT2D eigenvalue weighted by atomic mass is 19.1. The number of nitrogens with zero attached hydrogens (tertiary/aromatic N) is 1. The molecular formula is C16H17FN2O4. The number of carboxylic acid groups (broad SMARTS) is 1. The van der Waals surface area contributed by atoms with E-state index in [0.29, 0.717) is 31.6 Å². The van der Waals surface area contributed by atoms with E-state index >= 15 is 0 Å². The van der Waals surface area contributed by atoms with Gasteiger partial charge in [-0.25, -0.2) is 9.29 Å². The molecule has 0 unspecified atom stereocenters. The first kappa shape index (κ1) is 15.6. The van der Waals surface area contributed by atoms with Crippen molar-refractivity contribution in [3.8, 4) is 0 Å². The zero-order valence-corrected chi connectivity index (χ0v) is 12.5. The van der Waals surface area contributed by atoms with Gasteiger partial charge in [-0.2, -0.15) is 0 Å². The molecule has 2 aliphatic heterocycles. The van der Waals surface area contributed by atoms with Gasteiger partial charge in [0.15, 0.2) is 6.04 Å². The van der Waals surface area contributed by atoms with E-state index in [4.69, 9.17) is 0 Å². The molecule has 0 aromatic heterocycles. The minimum Gasteiger partial charge on any atom is -0.550 e. The van der Waals surface area contributed by atoms with Crippen molar-refractivity contribution in [1.82, 2.24) is 0 Å². The maximum absolute atomic E-state index is 13.0. The molecule has 1 aromatic rings. The highest BCUT2D eigenvalue weighted by Gasteiger charge is 2.46. The summed E-state index contributed by atoms with van der Waals surface area (Å²) in [6, 6.07) is 4.74. The number of quaternary nitrogens is 1. The monoisotopic (exact) mass is 320 g/mol. The molecule has 6 nitrogen and oxygen atoms in total. The maximum atomic E-state index is 13.0. The number of piperidine rings is 1. The number of benzene rings is 1. The van der Waals surface area contributed by atoms with E-state index in [9.17, 15) is 23.9 Å². The lowest BCUT2D eigenvalue weighted by Gasteiger charge is -2.32. The van der Waals surface area contributed by atoms with Crippen LogP contribution in [0.15, 0.2) is 24.3 Å². The minimum absolute atomic E-state index is 0.0987. The van der Waals surface area contributed by atoms with Gasteiger partial charge in [0.05, 0.1) is 25.2 Å². The fraction of sp³-hybridized carbons (Fsp3) is 0.438. The van der Waals surface area contributed by atoms with E-state index in [1.54, 1.807) is 0 Å². The summed E-state index contributed by atoms with van der Waals surface area (Å²) < 4.78 is 13.0. The normalized spacial score (nSPS) is 28.2. The first-order valence-corrected chi connectivity index (χ1v) is 7.65. The van der Waals surface area contributed by atoms with E-state index in [1.807, 2.05) is 0 Å². The van der Waals surface area contributed by atoms with E-state index in [-0.39, 0.29) is 18.2 Å². The largest absolute Gasteiger partial charge is 0.550 e. The Morgan fingerprint density at radius 2 is 1.78 bits per heavy atom. The molecule has 0 radical (unpaired) electrons. The molecular weight excluding hydrogens is 303 g/mol. The topological polar surface area (TPSA) is 81.9 Å². The van der Waals surface area contributed by atoms with Crippen molar-refractivity contribution in [3.05, 3.63) is 30.1 Å². The Kier molecular flexibility index (Phi) is 4.12. The van der Waals surface area contributed by atoms with Gasteiger partial charge in [-0.3, -0.25) is 9.59 Å². The van der Waals surface area contributed by atoms with Crippen LogP contribution >= 0.6 is 0 Å². The highest BCUT2D eigenvalue weighted by Crippen LogP contribution is 2.22. The zero-order valence-electron chi connectivity index (χ0n) is 12.5. The van der Waals surface area contributed by atoms with Crippen molar-refractivity contribution in [2.45, 2.75) is 25.3 Å². The molecule has 1 N–H and O–H groups in total. The summed E-state index contributed by atoms with van der Waals surface area (Å²) in [5.74, 6) is -2.56. The number of amides is 2. The van der Waals surface area contributed by atoms with Gasteiger partial charge in [0.1, 0.15) is 5.82 Å². The smallest absolute Gasteiger partial charge is 0.292 e. The van der Waals surface area contributed by atoms with Crippen LogP contribution in [0.1, 0.15) is 19.3 Å². The second-order valence-corrected chi connectivity index (χ2v) is 6.05. The Hall–Kier alpha value is -2.28. The molecule has 0 spiro atoms. The average Bonchev–Trinajstić information content (AvgIpc) is 2.83. The first-order valence-electron chi connectivity index (χ1n) is 7.65. The van der Waals surface area contributed by atoms with Crippen molar-refractivity contribution in [2.24, 2.45) is 5.92 Å². The Labute approximate surface area is 132 Å². The van der Waals surface area contributed by atoms with Gasteiger partial charge in [0, 0.05) is 24.7 Å². The lowest BCUT2D eigenvalue weighted by atomic mass is 9.96. The highest BCUT2D eigenvalue weighted by molar-refractivity contribution is 6.21. The molecule has 7 heteroatoms. The summed E-state index contributed by atoms with van der Waals surface area (Å²) >= 11 is 0. The first-order chi connectivity index (χ1) is 11.0. The van der Waals surface area contributed by atoms with Crippen LogP contribution in [0.3, 0.4) is 0 Å². The number of halogens is 1. The van der Waals surface area contributed by atoms with Crippen LogP contribution in [0.25, 0.3) is 0 Å². The van der Waals surface area contributed by atoms with Crippen molar-refractivity contribution in [1.29, 1.82) is 0 Å². The molecule has 23 heavy (non-hydrogen) atoms. The molecule has 122 valence electrons. The van der Waals surface area contributed by atoms with Crippen molar-refractivity contribution >= 4 is 23.5 Å². The third-order valence-corrected chi connectivity index (χ3v) is 4.69. The summed E-state index contributed by atoms with van der Waals surface area (Å²) in [5.41, 5.74) is 0.368. The summed E-state index contributed by atoms with van der Waals surface area (Å²) in [5, 5.41) is 10.9. The number of likely N-dealkylation sites (tertiary alicyclic amines) is 1. The Balaban J connectivity index is 1.72. The standard InChI is InChI=1S/C16H17FN2O4/c17-11-1-3-12(4-2-11)19-14(20)9-13(15(19)21)18-7-5-10(6-8-18)16(22)23/h1-4,10,13H,5-9H2,(H,22,23)/t13-/m0/s1. The Bertz CT molecular complexity index is 638. The number of carbonyl (C=O) groups excluding carboxylic acids is 3. The lowest BCUT2D eigenvalue weighted by molar-refractivity contribution is -0.920. The van der Waals surface area contributed by atoms with Gasteiger partial charge in [-0.15, -0.1) is 0 Å². The number of anilines is 1. The van der Waals surface area contributed by atoms with Crippen LogP contribution in [0.4, 0.5) is 10.1 Å². The molecule has 0 bridgehead atoms. The van der Waals surface area contributed by atoms with Crippen LogP contribution in [0.2, 0.25) is 0 Å². The number of carbonyl (C=O) groups is 3. The van der Waals surface area contributed by atoms with Gasteiger partial charge in [0.2, 0.25) is 5.91 Å². The van der Waals surface area contributed by atoms with E-state index < -0.39 is 23.7 Å². The molecule has 0 aliphatic carbocycles. The molecule has 2 saturated heterocycles. The van der Waals surface area contributed by atoms with Crippen LogP contribution in [0, 0.1) is 11.7 Å². The number of hydrogen-bond acceptors (Lipinski definition) is 4. The van der Waals surface area contributed by atoms with Crippen LogP contribution in [0.5, 0.6) is 0 Å². The predicted molar refractivity (Wildman–Crippen MR) is 75.7 cm³/mol. The lowest BCUT2D eigenvalue weighted by Crippen LogP contribution is -3.17. The quantitative estimate of drug-likeness (QED) is 0.688. The van der Waals surface area contributed by atoms with Gasteiger partial charge < -0.3 is 14.8 Å². The predicted octanol–water partition coefficient (Wildman–Crippen LogP) is -1.50. The second kappa shape index (κ2) is 6.08. The molecule has 1 atom stereocenters. The number of nitrogens with one attached hydrogen (secondary N) is 1. The summed E-state index contributed by atoms with van der Waals surface area (Å²) in [7, 11) is 0. The molecule has 3 rings (SSSR count). The van der Waals surface area contributed by atoms with Gasteiger partial charge in [0.25, 0.3) is 5.91 Å². The van der Waals surface area contributed by atoms with Crippen molar-refractivity contribution < 1.29 is 28.8 Å². The van der Waals surface area contributed by atoms with Crippen LogP contribution in [-0.2, 0) is 14.4 Å². The Morgan fingerprint density at radius 1 is 1.17 bits per heavy atom. The third kappa shape index (κ3) is 2.96. The third-order valence-electron chi connectivity index (χ3n) is 4.69. The molecule has 1 aromatic carbocycles. The number of aliphatic carboxylic acids is 1. The SMILES string of the molecule is O=C([O-])C1CC[NH+]([C@H]2CC(=O)N(c3ccc(F)cc3)C2=O)CC1. The number of rotatable bonds is 3. The Morgan fingerprint density at radius 3 is 2.35 bits per heavy atom. The zero-order chi connectivity index (χ0) is 16.6. The summed E-state index contributed by atoms with van der Waals surface area (Å²) in [4.78, 5) is 37.7. The average molecular weight is 320 g/mol. The molecule has 2 aliphatic rings. The molecule has 2 heterocycles. The van der Waals surface area contributed by atoms with E-state index in [2.05, 4.69) is 0 Å². The van der Waals surface area contributed by atoms with Gasteiger partial charge >= 0.3 is 0 Å². The summed E-state index contributed by atoms with van der Waals surface area (Å²) in [6.45, 7) is 1.05. The minimum atomic E-state index is -1.05. The number of carboxylic acids is 1. The van der Waals surface area contributed by atoms with E-state index in [1.165, 1.54) is 24.3 Å². The molecule has 2 fully saturated rings. The summed E-state index contributed by atoms with van der Waals surface area (Å²) in [6.07, 6.45) is 1.000. The fourth-order valence-corrected chi connectivity index (χ4v) is 3.39. The van der Waals surface area contributed by atoms with E-state index in [0.717, 1.165) is 9.80 Å². The van der Waals surface area contributed by atoms with Gasteiger partial charge in [-0.1, -0.05) is 0 Å². The van der Waals surface area contributed by atoms with Crippen LogP contribution in [-0.4, -0.2) is 36.9 Å². The second-order valence-electron chi connectivity index (χ2n) is 6.05. The van der Waals surface area contributed by atoms with Gasteiger partial charge in [-0.05, 0) is 24.3 Å². The number of hydrogen-bond donors (Lipinski definition) is 1. The fourth-order valence-electron chi connectivity index (χ4n) is 3.39. The molecule has 2 amide bonds. The van der Waals surface area contributed by atoms with Crippen LogP contribution < -0.4 is 14.9 Å². The number of imide groups is 1. The van der Waals surface area contributed by atoms with Crippen molar-refractivity contribution in [3.63, 3.8) is 0 Å². The van der Waals surface area contributed by atoms with Crippen molar-refractivity contribution in [2.75, 3.05) is 18.0 Å². The maximum Gasteiger partial charge on any atom is 0.292 e.